The zero-order valence-corrected chi connectivity index (χ0v) is 10.1. The minimum Gasteiger partial charge on any atom is -0.349 e. The van der Waals surface area contributed by atoms with Crippen molar-refractivity contribution in [2.45, 2.75) is 19.0 Å². The highest BCUT2D eigenvalue weighted by Crippen LogP contribution is 2.42. The van der Waals surface area contributed by atoms with Gasteiger partial charge in [0, 0.05) is 16.6 Å². The number of hydrogen-bond acceptors (Lipinski definition) is 3. The van der Waals surface area contributed by atoms with Crippen LogP contribution in [0.25, 0.3) is 10.1 Å². The molecule has 3 nitrogen and oxygen atoms in total. The third-order valence-electron chi connectivity index (χ3n) is 3.61. The molecule has 0 saturated carbocycles. The van der Waals surface area contributed by atoms with E-state index < -0.39 is 0 Å². The second-order valence-corrected chi connectivity index (χ2v) is 5.65. The zero-order valence-electron chi connectivity index (χ0n) is 9.27. The Kier molecular flexibility index (Phi) is 1.80. The van der Waals surface area contributed by atoms with Crippen molar-refractivity contribution in [3.8, 4) is 0 Å². The van der Waals surface area contributed by atoms with Crippen molar-refractivity contribution < 1.29 is 4.79 Å². The van der Waals surface area contributed by atoms with E-state index in [1.54, 1.807) is 11.3 Å². The van der Waals surface area contributed by atoms with Gasteiger partial charge in [0.05, 0.1) is 5.69 Å². The summed E-state index contributed by atoms with van der Waals surface area (Å²) < 4.78 is 1.21. The van der Waals surface area contributed by atoms with E-state index in [1.807, 2.05) is 12.1 Å². The van der Waals surface area contributed by atoms with Gasteiger partial charge in [0.1, 0.15) is 11.0 Å². The summed E-state index contributed by atoms with van der Waals surface area (Å²) in [5.41, 5.74) is 1.16. The van der Waals surface area contributed by atoms with Gasteiger partial charge in [-0.1, -0.05) is 18.2 Å². The standard InChI is InChI=1S/C13H12N2OS/c16-13-12-11(15-7-3-6-10(15)14-13)8-4-1-2-5-9(8)17-12/h1-2,4-5,10H,3,6-7H2,(H,14,16). The fourth-order valence-electron chi connectivity index (χ4n) is 2.87. The van der Waals surface area contributed by atoms with Crippen LogP contribution in [-0.4, -0.2) is 18.6 Å². The smallest absolute Gasteiger partial charge is 0.265 e. The molecule has 1 aromatic carbocycles. The van der Waals surface area contributed by atoms with Gasteiger partial charge in [-0.3, -0.25) is 4.79 Å². The van der Waals surface area contributed by atoms with Gasteiger partial charge in [-0.2, -0.15) is 0 Å². The third-order valence-corrected chi connectivity index (χ3v) is 4.77. The Bertz CT molecular complexity index is 619. The molecule has 2 aliphatic rings. The molecule has 86 valence electrons. The quantitative estimate of drug-likeness (QED) is 0.772. The summed E-state index contributed by atoms with van der Waals surface area (Å²) in [6.07, 6.45) is 2.44. The molecule has 4 rings (SSSR count). The minimum absolute atomic E-state index is 0.101. The highest BCUT2D eigenvalue weighted by atomic mass is 32.1. The first-order valence-corrected chi connectivity index (χ1v) is 6.75. The Balaban J connectivity index is 2.04. The number of anilines is 1. The van der Waals surface area contributed by atoms with Crippen LogP contribution in [0.3, 0.4) is 0 Å². The Hall–Kier alpha value is -1.55. The first kappa shape index (κ1) is 9.48. The van der Waals surface area contributed by atoms with E-state index in [4.69, 9.17) is 0 Å². The number of hydrogen-bond donors (Lipinski definition) is 1. The Morgan fingerprint density at radius 2 is 2.24 bits per heavy atom. The lowest BCUT2D eigenvalue weighted by atomic mass is 10.1. The monoisotopic (exact) mass is 244 g/mol. The highest BCUT2D eigenvalue weighted by Gasteiger charge is 2.36. The molecular formula is C13H12N2OS. The summed E-state index contributed by atoms with van der Waals surface area (Å²) in [7, 11) is 0. The van der Waals surface area contributed by atoms with Crippen molar-refractivity contribution in [1.82, 2.24) is 5.32 Å². The average Bonchev–Trinajstić information content (AvgIpc) is 2.91. The second-order valence-electron chi connectivity index (χ2n) is 4.60. The molecule has 1 fully saturated rings. The lowest BCUT2D eigenvalue weighted by molar-refractivity contribution is 0.0935. The van der Waals surface area contributed by atoms with E-state index >= 15 is 0 Å². The summed E-state index contributed by atoms with van der Waals surface area (Å²) in [6.45, 7) is 1.05. The van der Waals surface area contributed by atoms with Crippen molar-refractivity contribution in [3.05, 3.63) is 29.1 Å². The van der Waals surface area contributed by atoms with Crippen LogP contribution >= 0.6 is 11.3 Å². The van der Waals surface area contributed by atoms with Crippen LogP contribution in [0.4, 0.5) is 5.69 Å². The number of nitrogens with one attached hydrogen (secondary N) is 1. The molecule has 4 heteroatoms. The first-order valence-electron chi connectivity index (χ1n) is 5.93. The summed E-state index contributed by atoms with van der Waals surface area (Å²) in [5.74, 6) is 0.101. The van der Waals surface area contributed by atoms with Crippen LogP contribution in [-0.2, 0) is 0 Å². The number of nitrogens with zero attached hydrogens (tertiary/aromatic N) is 1. The molecule has 2 aromatic rings. The van der Waals surface area contributed by atoms with Crippen molar-refractivity contribution >= 4 is 33.0 Å². The summed E-state index contributed by atoms with van der Waals surface area (Å²) in [4.78, 5) is 15.3. The largest absolute Gasteiger partial charge is 0.349 e. The number of rotatable bonds is 0. The third kappa shape index (κ3) is 1.19. The van der Waals surface area contributed by atoms with Crippen molar-refractivity contribution in [3.63, 3.8) is 0 Å². The van der Waals surface area contributed by atoms with E-state index in [9.17, 15) is 4.79 Å². The summed E-state index contributed by atoms with van der Waals surface area (Å²) in [5, 5.41) is 4.32. The molecule has 1 amide bonds. The SMILES string of the molecule is O=C1NC2CCCN2c2c1sc1ccccc21. The Morgan fingerprint density at radius 1 is 1.35 bits per heavy atom. The normalized spacial score (nSPS) is 22.5. The number of amides is 1. The topological polar surface area (TPSA) is 32.3 Å². The maximum atomic E-state index is 12.1. The van der Waals surface area contributed by atoms with Gasteiger partial charge >= 0.3 is 0 Å². The molecule has 1 saturated heterocycles. The van der Waals surface area contributed by atoms with Gasteiger partial charge in [-0.15, -0.1) is 11.3 Å². The molecule has 0 aliphatic carbocycles. The molecule has 1 aromatic heterocycles. The van der Waals surface area contributed by atoms with E-state index in [-0.39, 0.29) is 12.1 Å². The predicted molar refractivity (Wildman–Crippen MR) is 69.7 cm³/mol. The maximum absolute atomic E-state index is 12.1. The zero-order chi connectivity index (χ0) is 11.4. The van der Waals surface area contributed by atoms with Crippen LogP contribution in [0.5, 0.6) is 0 Å². The van der Waals surface area contributed by atoms with Gasteiger partial charge in [0.2, 0.25) is 0 Å². The summed E-state index contributed by atoms with van der Waals surface area (Å²) in [6, 6.07) is 8.30. The molecule has 1 atom stereocenters. The van der Waals surface area contributed by atoms with E-state index in [1.165, 1.54) is 10.1 Å². The van der Waals surface area contributed by atoms with Gasteiger partial charge in [0.25, 0.3) is 5.91 Å². The molecule has 0 bridgehead atoms. The van der Waals surface area contributed by atoms with Crippen molar-refractivity contribution in [2.24, 2.45) is 0 Å². The minimum atomic E-state index is 0.101. The number of carbonyl (C=O) groups excluding carboxylic acids is 1. The molecular weight excluding hydrogens is 232 g/mol. The van der Waals surface area contributed by atoms with Gasteiger partial charge in [-0.05, 0) is 18.9 Å². The lowest BCUT2D eigenvalue weighted by Crippen LogP contribution is -2.48. The number of benzene rings is 1. The van der Waals surface area contributed by atoms with Crippen LogP contribution < -0.4 is 10.2 Å². The fraction of sp³-hybridized carbons (Fsp3) is 0.308. The lowest BCUT2D eigenvalue weighted by Gasteiger charge is -2.32. The molecule has 0 spiro atoms. The Labute approximate surface area is 103 Å². The van der Waals surface area contributed by atoms with Crippen molar-refractivity contribution in [2.75, 3.05) is 11.4 Å². The van der Waals surface area contributed by atoms with Gasteiger partial charge in [-0.25, -0.2) is 0 Å². The fourth-order valence-corrected chi connectivity index (χ4v) is 3.99. The van der Waals surface area contributed by atoms with Crippen LogP contribution in [0.15, 0.2) is 24.3 Å². The molecule has 1 N–H and O–H groups in total. The van der Waals surface area contributed by atoms with Crippen LogP contribution in [0.2, 0.25) is 0 Å². The molecule has 3 heterocycles. The van der Waals surface area contributed by atoms with Crippen molar-refractivity contribution in [1.29, 1.82) is 0 Å². The van der Waals surface area contributed by atoms with Gasteiger partial charge in [0.15, 0.2) is 0 Å². The van der Waals surface area contributed by atoms with E-state index in [2.05, 4.69) is 22.3 Å². The maximum Gasteiger partial charge on any atom is 0.265 e. The molecule has 0 radical (unpaired) electrons. The second kappa shape index (κ2) is 3.23. The Morgan fingerprint density at radius 3 is 3.18 bits per heavy atom. The van der Waals surface area contributed by atoms with E-state index in [0.717, 1.165) is 30.0 Å². The molecule has 2 aliphatic heterocycles. The number of thiophene rings is 1. The van der Waals surface area contributed by atoms with Gasteiger partial charge < -0.3 is 10.2 Å². The molecule has 17 heavy (non-hydrogen) atoms. The number of fused-ring (bicyclic) bond motifs is 5. The van der Waals surface area contributed by atoms with Crippen LogP contribution in [0, 0.1) is 0 Å². The highest BCUT2D eigenvalue weighted by molar-refractivity contribution is 7.21. The molecule has 1 unspecified atom stereocenters. The first-order chi connectivity index (χ1) is 8.34. The average molecular weight is 244 g/mol. The summed E-state index contributed by atoms with van der Waals surface area (Å²) >= 11 is 1.60. The predicted octanol–water partition coefficient (Wildman–Crippen LogP) is 2.57. The number of carbonyl (C=O) groups is 1. The van der Waals surface area contributed by atoms with Crippen LogP contribution in [0.1, 0.15) is 22.5 Å². The van der Waals surface area contributed by atoms with E-state index in [0.29, 0.717) is 0 Å².